The van der Waals surface area contributed by atoms with Crippen molar-refractivity contribution in [2.24, 2.45) is 11.7 Å². The fourth-order valence-corrected chi connectivity index (χ4v) is 3.28. The molecule has 1 aromatic carbocycles. The fraction of sp³-hybridized carbons (Fsp3) is 0.526. The molecule has 2 unspecified atom stereocenters. The first-order valence-electron chi connectivity index (χ1n) is 8.98. The number of likely N-dealkylation sites (tertiary alicyclic amines) is 1. The molecule has 1 amide bonds. The number of carboxylic acid groups (broad SMARTS) is 1. The Labute approximate surface area is 158 Å². The Balaban J connectivity index is 2.20. The summed E-state index contributed by atoms with van der Waals surface area (Å²) >= 11 is 0. The molecule has 1 fully saturated rings. The van der Waals surface area contributed by atoms with Crippen molar-refractivity contribution in [2.75, 3.05) is 6.54 Å². The van der Waals surface area contributed by atoms with E-state index in [1.807, 2.05) is 44.2 Å². The van der Waals surface area contributed by atoms with E-state index in [0.717, 1.165) is 5.56 Å². The van der Waals surface area contributed by atoms with Crippen molar-refractivity contribution in [2.45, 2.75) is 50.5 Å². The van der Waals surface area contributed by atoms with Gasteiger partial charge in [-0.05, 0) is 11.5 Å². The van der Waals surface area contributed by atoms with Gasteiger partial charge in [-0.2, -0.15) is 0 Å². The monoisotopic (exact) mass is 377 g/mol. The Hall–Kier alpha value is -2.29. The smallest absolute Gasteiger partial charge is 0.305 e. The van der Waals surface area contributed by atoms with Crippen LogP contribution in [0.3, 0.4) is 0 Å². The molecule has 1 aliphatic heterocycles. The number of carbonyl (C=O) groups is 3. The molecule has 1 aliphatic rings. The van der Waals surface area contributed by atoms with Crippen molar-refractivity contribution >= 4 is 18.2 Å². The number of carboxylic acids is 1. The van der Waals surface area contributed by atoms with E-state index in [4.69, 9.17) is 10.8 Å². The average Bonchev–Trinajstić information content (AvgIpc) is 2.59. The molecule has 2 rings (SSSR count). The zero-order valence-corrected chi connectivity index (χ0v) is 15.5. The van der Waals surface area contributed by atoms with Crippen LogP contribution in [-0.4, -0.2) is 64.2 Å². The van der Waals surface area contributed by atoms with Crippen molar-refractivity contribution < 1.29 is 24.6 Å². The molecule has 5 atom stereocenters. The molecule has 1 saturated heterocycles. The summed E-state index contributed by atoms with van der Waals surface area (Å²) in [7, 11) is 0. The lowest BCUT2D eigenvalue weighted by Crippen LogP contribution is -2.68. The average molecular weight is 377 g/mol. The van der Waals surface area contributed by atoms with Crippen molar-refractivity contribution in [3.05, 3.63) is 35.9 Å². The number of aldehydes is 1. The molecule has 0 radical (unpaired) electrons. The van der Waals surface area contributed by atoms with Gasteiger partial charge in [0.2, 0.25) is 5.91 Å². The topological polar surface area (TPSA) is 133 Å². The van der Waals surface area contributed by atoms with E-state index in [1.54, 1.807) is 0 Å². The van der Waals surface area contributed by atoms with Crippen LogP contribution in [0.25, 0.3) is 0 Å². The molecule has 1 heterocycles. The van der Waals surface area contributed by atoms with Crippen LogP contribution >= 0.6 is 0 Å². The third-order valence-corrected chi connectivity index (χ3v) is 4.95. The summed E-state index contributed by atoms with van der Waals surface area (Å²) in [5, 5.41) is 22.2. The lowest BCUT2D eigenvalue weighted by atomic mass is 9.80. The van der Waals surface area contributed by atoms with E-state index in [1.165, 1.54) is 4.90 Å². The number of hydrogen-bond donors (Lipinski definition) is 4. The highest BCUT2D eigenvalue weighted by Crippen LogP contribution is 2.36. The van der Waals surface area contributed by atoms with Crippen LogP contribution in [0.2, 0.25) is 0 Å². The first-order valence-corrected chi connectivity index (χ1v) is 8.98. The Morgan fingerprint density at radius 2 is 1.96 bits per heavy atom. The van der Waals surface area contributed by atoms with Gasteiger partial charge in [-0.25, -0.2) is 0 Å². The van der Waals surface area contributed by atoms with Crippen molar-refractivity contribution in [1.29, 1.82) is 0 Å². The van der Waals surface area contributed by atoms with Gasteiger partial charge in [-0.15, -0.1) is 0 Å². The largest absolute Gasteiger partial charge is 0.481 e. The number of hydrogen-bond acceptors (Lipinski definition) is 6. The Morgan fingerprint density at radius 3 is 2.48 bits per heavy atom. The molecule has 0 bridgehead atoms. The molecule has 5 N–H and O–H groups in total. The van der Waals surface area contributed by atoms with Crippen LogP contribution in [0, 0.1) is 5.92 Å². The summed E-state index contributed by atoms with van der Waals surface area (Å²) < 4.78 is 0. The highest BCUT2D eigenvalue weighted by molar-refractivity contribution is 5.83. The first kappa shape index (κ1) is 21.0. The SMILES string of the molecule is CC(C)C(N)C(=O)N1C[C@H](c2ccccc2)C1[C@H](O)N[C@H](C=O)CC(=O)O. The van der Waals surface area contributed by atoms with Gasteiger partial charge in [0, 0.05) is 12.5 Å². The van der Waals surface area contributed by atoms with E-state index < -0.39 is 36.7 Å². The van der Waals surface area contributed by atoms with Gasteiger partial charge in [0.1, 0.15) is 12.5 Å². The number of nitrogens with one attached hydrogen (secondary N) is 1. The van der Waals surface area contributed by atoms with Gasteiger partial charge in [0.25, 0.3) is 0 Å². The Bertz CT molecular complexity index is 667. The summed E-state index contributed by atoms with van der Waals surface area (Å²) in [5.74, 6) is -1.64. The number of nitrogens with zero attached hydrogens (tertiary/aromatic N) is 1. The van der Waals surface area contributed by atoms with E-state index in [-0.39, 0.29) is 17.7 Å². The lowest BCUT2D eigenvalue weighted by Gasteiger charge is -2.51. The molecular formula is C19H27N3O5. The number of aliphatic hydroxyl groups excluding tert-OH is 1. The van der Waals surface area contributed by atoms with Gasteiger partial charge >= 0.3 is 5.97 Å². The molecule has 0 aromatic heterocycles. The number of benzene rings is 1. The van der Waals surface area contributed by atoms with Crippen LogP contribution in [0.1, 0.15) is 31.7 Å². The zero-order valence-electron chi connectivity index (χ0n) is 15.5. The molecule has 0 spiro atoms. The third kappa shape index (κ3) is 4.91. The van der Waals surface area contributed by atoms with Gasteiger partial charge in [-0.3, -0.25) is 14.9 Å². The molecule has 8 heteroatoms. The van der Waals surface area contributed by atoms with Gasteiger partial charge in [-0.1, -0.05) is 44.2 Å². The maximum atomic E-state index is 12.7. The van der Waals surface area contributed by atoms with Crippen LogP contribution in [0.5, 0.6) is 0 Å². The van der Waals surface area contributed by atoms with E-state index in [0.29, 0.717) is 12.8 Å². The van der Waals surface area contributed by atoms with Gasteiger partial charge in [0.15, 0.2) is 0 Å². The number of carbonyl (C=O) groups excluding carboxylic acids is 2. The second-order valence-corrected chi connectivity index (χ2v) is 7.22. The van der Waals surface area contributed by atoms with Gasteiger partial charge in [0.05, 0.1) is 24.5 Å². The maximum Gasteiger partial charge on any atom is 0.305 e. The van der Waals surface area contributed by atoms with E-state index in [9.17, 15) is 19.5 Å². The summed E-state index contributed by atoms with van der Waals surface area (Å²) in [6.07, 6.45) is -1.27. The normalized spacial score (nSPS) is 22.6. The zero-order chi connectivity index (χ0) is 20.1. The number of rotatable bonds is 9. The van der Waals surface area contributed by atoms with Crippen molar-refractivity contribution in [3.8, 4) is 0 Å². The highest BCUT2D eigenvalue weighted by atomic mass is 16.4. The second kappa shape index (κ2) is 9.07. The molecular weight excluding hydrogens is 350 g/mol. The quantitative estimate of drug-likeness (QED) is 0.349. The van der Waals surface area contributed by atoms with Crippen LogP contribution in [-0.2, 0) is 14.4 Å². The van der Waals surface area contributed by atoms with Crippen LogP contribution in [0.15, 0.2) is 30.3 Å². The standard InChI is InChI=1S/C19H27N3O5/c1-11(2)16(20)19(27)22-9-14(12-6-4-3-5-7-12)17(22)18(26)21-13(10-23)8-15(24)25/h3-7,10-11,13-14,16-18,21,26H,8-9,20H2,1-2H3,(H,24,25)/t13-,14+,16?,17?,18-/m0/s1. The number of amides is 1. The molecule has 0 aliphatic carbocycles. The number of nitrogens with two attached hydrogens (primary N) is 1. The fourth-order valence-electron chi connectivity index (χ4n) is 3.28. The molecule has 0 saturated carbocycles. The molecule has 1 aromatic rings. The highest BCUT2D eigenvalue weighted by Gasteiger charge is 2.48. The summed E-state index contributed by atoms with van der Waals surface area (Å²) in [6.45, 7) is 4.09. The minimum Gasteiger partial charge on any atom is -0.481 e. The van der Waals surface area contributed by atoms with Gasteiger partial charge < -0.3 is 25.6 Å². The van der Waals surface area contributed by atoms with Crippen LogP contribution < -0.4 is 11.1 Å². The summed E-state index contributed by atoms with van der Waals surface area (Å²) in [5.41, 5.74) is 6.93. The molecule has 8 nitrogen and oxygen atoms in total. The Morgan fingerprint density at radius 1 is 1.33 bits per heavy atom. The number of aliphatic carboxylic acids is 1. The predicted molar refractivity (Wildman–Crippen MR) is 98.7 cm³/mol. The number of aliphatic hydroxyl groups is 1. The predicted octanol–water partition coefficient (Wildman–Crippen LogP) is -0.0855. The minimum absolute atomic E-state index is 0.0613. The second-order valence-electron chi connectivity index (χ2n) is 7.22. The third-order valence-electron chi connectivity index (χ3n) is 4.95. The molecule has 148 valence electrons. The Kier molecular flexibility index (Phi) is 7.06. The van der Waals surface area contributed by atoms with E-state index >= 15 is 0 Å². The maximum absolute atomic E-state index is 12.7. The van der Waals surface area contributed by atoms with Crippen molar-refractivity contribution in [3.63, 3.8) is 0 Å². The summed E-state index contributed by atoms with van der Waals surface area (Å²) in [4.78, 5) is 36.2. The minimum atomic E-state index is -1.26. The van der Waals surface area contributed by atoms with Crippen molar-refractivity contribution in [1.82, 2.24) is 10.2 Å². The summed E-state index contributed by atoms with van der Waals surface area (Å²) in [6, 6.07) is 7.04. The lowest BCUT2D eigenvalue weighted by molar-refractivity contribution is -0.151. The first-order chi connectivity index (χ1) is 12.8. The van der Waals surface area contributed by atoms with Crippen LogP contribution in [0.4, 0.5) is 0 Å². The van der Waals surface area contributed by atoms with E-state index in [2.05, 4.69) is 5.32 Å². The molecule has 27 heavy (non-hydrogen) atoms.